The van der Waals surface area contributed by atoms with E-state index in [1.54, 1.807) is 20.9 Å². The van der Waals surface area contributed by atoms with Crippen molar-refractivity contribution in [2.45, 2.75) is 46.2 Å². The second-order valence-corrected chi connectivity index (χ2v) is 7.83. The first-order valence-electron chi connectivity index (χ1n) is 7.59. The molecule has 0 fully saturated rings. The zero-order chi connectivity index (χ0) is 18.2. The van der Waals surface area contributed by atoms with E-state index in [4.69, 9.17) is 0 Å². The molecule has 0 spiro atoms. The first-order chi connectivity index (χ1) is 11.0. The minimum atomic E-state index is -0.683. The van der Waals surface area contributed by atoms with Gasteiger partial charge in [0.2, 0.25) is 5.91 Å². The molecular weight excluding hydrogens is 328 g/mol. The van der Waals surface area contributed by atoms with Crippen LogP contribution in [0.15, 0.2) is 11.1 Å². The molecule has 0 aliphatic rings. The molecule has 0 aromatic carbocycles. The van der Waals surface area contributed by atoms with Gasteiger partial charge >= 0.3 is 0 Å². The minimum Gasteiger partial charge on any atom is -0.350 e. The largest absolute Gasteiger partial charge is 0.350 e. The summed E-state index contributed by atoms with van der Waals surface area (Å²) in [5, 5.41) is 5.94. The summed E-state index contributed by atoms with van der Waals surface area (Å²) in [6.07, 6.45) is 1.43. The predicted molar refractivity (Wildman–Crippen MR) is 94.4 cm³/mol. The molecular formula is C16H22N4O3S. The number of amides is 2. The molecule has 1 unspecified atom stereocenters. The first-order valence-corrected chi connectivity index (χ1v) is 8.40. The van der Waals surface area contributed by atoms with Gasteiger partial charge in [0.05, 0.1) is 16.6 Å². The number of hydrogen-bond acceptors (Lipinski definition) is 5. The molecule has 7 nitrogen and oxygen atoms in total. The van der Waals surface area contributed by atoms with Crippen molar-refractivity contribution in [3.05, 3.63) is 27.1 Å². The Morgan fingerprint density at radius 2 is 1.96 bits per heavy atom. The van der Waals surface area contributed by atoms with Crippen LogP contribution < -0.4 is 16.2 Å². The monoisotopic (exact) mass is 350 g/mol. The van der Waals surface area contributed by atoms with E-state index >= 15 is 0 Å². The lowest BCUT2D eigenvalue weighted by molar-refractivity contribution is -0.124. The molecule has 0 saturated carbocycles. The van der Waals surface area contributed by atoms with Crippen LogP contribution in [0.25, 0.3) is 10.2 Å². The standard InChI is InChI=1S/C16H22N4O3S/c1-8-10-14(17-7-20(6)15(10)23)24-11(8)13(22)18-9(2)12(21)19-16(3,4)5/h7,9H,1-6H3,(H,18,22)(H,19,21). The number of nitrogens with zero attached hydrogens (tertiary/aromatic N) is 2. The van der Waals surface area contributed by atoms with E-state index in [-0.39, 0.29) is 22.9 Å². The average molecular weight is 350 g/mol. The summed E-state index contributed by atoms with van der Waals surface area (Å²) in [6.45, 7) is 8.96. The predicted octanol–water partition coefficient (Wildman–Crippen LogP) is 1.34. The van der Waals surface area contributed by atoms with Gasteiger partial charge in [-0.25, -0.2) is 4.98 Å². The lowest BCUT2D eigenvalue weighted by Crippen LogP contribution is -2.50. The van der Waals surface area contributed by atoms with E-state index < -0.39 is 6.04 Å². The Labute approximate surface area is 144 Å². The molecule has 8 heteroatoms. The number of hydrogen-bond donors (Lipinski definition) is 2. The van der Waals surface area contributed by atoms with Crippen molar-refractivity contribution in [2.24, 2.45) is 7.05 Å². The topological polar surface area (TPSA) is 93.1 Å². The van der Waals surface area contributed by atoms with Gasteiger partial charge in [-0.1, -0.05) is 0 Å². The zero-order valence-electron chi connectivity index (χ0n) is 14.7. The first kappa shape index (κ1) is 18.1. The Balaban J connectivity index is 2.26. The fourth-order valence-corrected chi connectivity index (χ4v) is 3.27. The molecule has 2 N–H and O–H groups in total. The third-order valence-corrected chi connectivity index (χ3v) is 4.65. The summed E-state index contributed by atoms with van der Waals surface area (Å²) >= 11 is 1.15. The summed E-state index contributed by atoms with van der Waals surface area (Å²) in [4.78, 5) is 41.9. The highest BCUT2D eigenvalue weighted by Gasteiger charge is 2.24. The molecule has 1 atom stereocenters. The second-order valence-electron chi connectivity index (χ2n) is 6.83. The maximum absolute atomic E-state index is 12.5. The van der Waals surface area contributed by atoms with Gasteiger partial charge in [0.1, 0.15) is 10.9 Å². The molecule has 24 heavy (non-hydrogen) atoms. The minimum absolute atomic E-state index is 0.189. The normalized spacial score (nSPS) is 12.9. The van der Waals surface area contributed by atoms with Gasteiger partial charge in [-0.2, -0.15) is 0 Å². The molecule has 2 rings (SSSR count). The molecule has 2 aromatic rings. The van der Waals surface area contributed by atoms with Crippen molar-refractivity contribution in [2.75, 3.05) is 0 Å². The van der Waals surface area contributed by atoms with Crippen LogP contribution in [0.3, 0.4) is 0 Å². The smallest absolute Gasteiger partial charge is 0.262 e. The van der Waals surface area contributed by atoms with Crippen LogP contribution in [0.1, 0.15) is 42.9 Å². The molecule has 0 radical (unpaired) electrons. The van der Waals surface area contributed by atoms with Crippen LogP contribution in [0.5, 0.6) is 0 Å². The summed E-state index contributed by atoms with van der Waals surface area (Å²) < 4.78 is 1.38. The maximum atomic E-state index is 12.5. The van der Waals surface area contributed by atoms with Crippen LogP contribution >= 0.6 is 11.3 Å². The summed E-state index contributed by atoms with van der Waals surface area (Å²) in [5.41, 5.74) is 0.0238. The number of nitrogens with one attached hydrogen (secondary N) is 2. The average Bonchev–Trinajstić information content (AvgIpc) is 2.79. The van der Waals surface area contributed by atoms with Crippen molar-refractivity contribution in [1.82, 2.24) is 20.2 Å². The highest BCUT2D eigenvalue weighted by molar-refractivity contribution is 7.20. The van der Waals surface area contributed by atoms with Crippen molar-refractivity contribution in [1.29, 1.82) is 0 Å². The number of aryl methyl sites for hydroxylation is 2. The third-order valence-electron chi connectivity index (χ3n) is 3.46. The van der Waals surface area contributed by atoms with E-state index in [9.17, 15) is 14.4 Å². The zero-order valence-corrected chi connectivity index (χ0v) is 15.5. The maximum Gasteiger partial charge on any atom is 0.262 e. The molecule has 0 aliphatic carbocycles. The van der Waals surface area contributed by atoms with E-state index in [0.717, 1.165) is 11.3 Å². The number of thiophene rings is 1. The molecule has 2 heterocycles. The highest BCUT2D eigenvalue weighted by atomic mass is 32.1. The number of rotatable bonds is 3. The van der Waals surface area contributed by atoms with E-state index in [2.05, 4.69) is 15.6 Å². The van der Waals surface area contributed by atoms with E-state index in [1.807, 2.05) is 20.8 Å². The molecule has 2 aromatic heterocycles. The van der Waals surface area contributed by atoms with E-state index in [1.165, 1.54) is 10.9 Å². The van der Waals surface area contributed by atoms with Crippen LogP contribution in [0.4, 0.5) is 0 Å². The Kier molecular flexibility index (Phi) is 4.80. The fourth-order valence-electron chi connectivity index (χ4n) is 2.23. The number of aromatic nitrogens is 2. The van der Waals surface area contributed by atoms with Crippen molar-refractivity contribution < 1.29 is 9.59 Å². The van der Waals surface area contributed by atoms with Crippen LogP contribution in [0, 0.1) is 6.92 Å². The Hall–Kier alpha value is -2.22. The summed E-state index contributed by atoms with van der Waals surface area (Å²) in [7, 11) is 1.62. The van der Waals surface area contributed by atoms with Gasteiger partial charge in [-0.05, 0) is 40.2 Å². The summed E-state index contributed by atoms with van der Waals surface area (Å²) in [6, 6.07) is -0.683. The number of fused-ring (bicyclic) bond motifs is 1. The van der Waals surface area contributed by atoms with Gasteiger partial charge in [0.25, 0.3) is 11.5 Å². The molecule has 130 valence electrons. The van der Waals surface area contributed by atoms with Crippen LogP contribution in [-0.2, 0) is 11.8 Å². The lowest BCUT2D eigenvalue weighted by atomic mass is 10.1. The van der Waals surface area contributed by atoms with Crippen molar-refractivity contribution in [3.8, 4) is 0 Å². The number of carbonyl (C=O) groups excluding carboxylic acids is 2. The Morgan fingerprint density at radius 1 is 1.33 bits per heavy atom. The molecule has 2 amide bonds. The lowest BCUT2D eigenvalue weighted by Gasteiger charge is -2.23. The van der Waals surface area contributed by atoms with Crippen molar-refractivity contribution >= 4 is 33.4 Å². The molecule has 0 bridgehead atoms. The molecule has 0 saturated heterocycles. The Morgan fingerprint density at radius 3 is 2.54 bits per heavy atom. The van der Waals surface area contributed by atoms with Crippen LogP contribution in [-0.4, -0.2) is 32.9 Å². The summed E-state index contributed by atoms with van der Waals surface area (Å²) in [5.74, 6) is -0.641. The number of carbonyl (C=O) groups is 2. The van der Waals surface area contributed by atoms with Gasteiger partial charge in [-0.15, -0.1) is 11.3 Å². The van der Waals surface area contributed by atoms with Crippen LogP contribution in [0.2, 0.25) is 0 Å². The van der Waals surface area contributed by atoms with Gasteiger partial charge in [-0.3, -0.25) is 14.4 Å². The van der Waals surface area contributed by atoms with Crippen molar-refractivity contribution in [3.63, 3.8) is 0 Å². The third kappa shape index (κ3) is 3.64. The van der Waals surface area contributed by atoms with Gasteiger partial charge in [0, 0.05) is 12.6 Å². The quantitative estimate of drug-likeness (QED) is 0.873. The fraction of sp³-hybridized carbons (Fsp3) is 0.500. The Bertz CT molecular complexity index is 861. The molecule has 0 aliphatic heterocycles. The highest BCUT2D eigenvalue weighted by Crippen LogP contribution is 2.26. The van der Waals surface area contributed by atoms with Gasteiger partial charge in [0.15, 0.2) is 0 Å². The van der Waals surface area contributed by atoms with E-state index in [0.29, 0.717) is 20.7 Å². The second kappa shape index (κ2) is 6.35. The SMILES string of the molecule is Cc1c(C(=O)NC(C)C(=O)NC(C)(C)C)sc2ncn(C)c(=O)c12. The van der Waals surface area contributed by atoms with Gasteiger partial charge < -0.3 is 15.2 Å².